The van der Waals surface area contributed by atoms with Crippen LogP contribution in [0.25, 0.3) is 0 Å². The second kappa shape index (κ2) is 65.0. The molecular weight excluding hydrogens is 1030 g/mol. The van der Waals surface area contributed by atoms with Crippen LogP contribution in [0, 0.1) is 0 Å². The van der Waals surface area contributed by atoms with Gasteiger partial charge in [0.2, 0.25) is 0 Å². The summed E-state index contributed by atoms with van der Waals surface area (Å²) in [6, 6.07) is 0. The number of allylic oxidation sites excluding steroid dienone is 24. The van der Waals surface area contributed by atoms with Gasteiger partial charge in [-0.05, 0) is 116 Å². The summed E-state index contributed by atoms with van der Waals surface area (Å²) in [5.74, 6) is -0.845. The summed E-state index contributed by atoms with van der Waals surface area (Å²) in [7, 11) is -4.40. The molecule has 0 spiro atoms. The van der Waals surface area contributed by atoms with Crippen LogP contribution < -0.4 is 5.73 Å². The summed E-state index contributed by atoms with van der Waals surface area (Å²) < 4.78 is 33.1. The zero-order valence-electron chi connectivity index (χ0n) is 51.5. The van der Waals surface area contributed by atoms with E-state index < -0.39 is 26.5 Å². The Morgan fingerprint density at radius 1 is 0.370 bits per heavy atom. The second-order valence-electron chi connectivity index (χ2n) is 20.9. The van der Waals surface area contributed by atoms with Crippen LogP contribution >= 0.6 is 7.82 Å². The maximum Gasteiger partial charge on any atom is 0.472 e. The van der Waals surface area contributed by atoms with Crippen LogP contribution in [0.3, 0.4) is 0 Å². The highest BCUT2D eigenvalue weighted by Crippen LogP contribution is 2.43. The van der Waals surface area contributed by atoms with Gasteiger partial charge in [-0.25, -0.2) is 4.57 Å². The van der Waals surface area contributed by atoms with Crippen molar-refractivity contribution in [3.63, 3.8) is 0 Å². The van der Waals surface area contributed by atoms with Crippen molar-refractivity contribution >= 4 is 19.8 Å². The molecule has 81 heavy (non-hydrogen) atoms. The molecule has 0 saturated heterocycles. The van der Waals surface area contributed by atoms with Gasteiger partial charge in [0.15, 0.2) is 6.10 Å². The number of hydrogen-bond donors (Lipinski definition) is 2. The van der Waals surface area contributed by atoms with E-state index >= 15 is 0 Å². The summed E-state index contributed by atoms with van der Waals surface area (Å²) in [5.41, 5.74) is 5.39. The Labute approximate surface area is 496 Å². The highest BCUT2D eigenvalue weighted by Gasteiger charge is 2.26. The minimum Gasteiger partial charge on any atom is -0.462 e. The molecule has 0 fully saturated rings. The van der Waals surface area contributed by atoms with Crippen LogP contribution in [0.5, 0.6) is 0 Å². The second-order valence-corrected chi connectivity index (χ2v) is 22.3. The van der Waals surface area contributed by atoms with Crippen LogP contribution in [-0.2, 0) is 32.7 Å². The maximum atomic E-state index is 12.7. The Morgan fingerprint density at radius 2 is 0.642 bits per heavy atom. The van der Waals surface area contributed by atoms with Gasteiger partial charge in [-0.3, -0.25) is 18.6 Å². The van der Waals surface area contributed by atoms with E-state index in [0.717, 1.165) is 122 Å². The van der Waals surface area contributed by atoms with Gasteiger partial charge in [0.25, 0.3) is 0 Å². The molecule has 0 aliphatic carbocycles. The molecule has 0 amide bonds. The molecule has 2 atom stereocenters. The lowest BCUT2D eigenvalue weighted by atomic mass is 10.0. The van der Waals surface area contributed by atoms with Crippen molar-refractivity contribution in [2.75, 3.05) is 26.4 Å². The first-order valence-corrected chi connectivity index (χ1v) is 33.8. The smallest absolute Gasteiger partial charge is 0.462 e. The molecule has 10 heteroatoms. The first-order valence-electron chi connectivity index (χ1n) is 32.3. The van der Waals surface area contributed by atoms with Gasteiger partial charge in [-0.2, -0.15) is 0 Å². The number of unbranched alkanes of at least 4 members (excludes halogenated alkanes) is 22. The standard InChI is InChI=1S/C71H118NO8P/c1-3-5-7-9-11-13-15-17-19-21-23-25-27-29-31-33-34-36-37-39-41-43-45-47-49-51-53-55-57-59-61-63-70(73)77-67-69(68-79-81(75,76)78-66-65-72)80-71(74)64-62-60-58-56-54-52-50-48-46-44-42-40-38-35-32-30-28-26-24-22-20-18-16-14-12-10-8-6-4-2/h5-8,11-14,17-20,23-26,29-32,38,40,44,46,69H,3-4,9-10,15-16,21-22,27-28,33-37,39,41-43,45,47-68,72H2,1-2H3,(H,75,76)/b7-5-,8-6-,13-11-,14-12-,19-17-,20-18-,25-23-,26-24-,31-29-,32-30-,40-38-,46-44-. The summed E-state index contributed by atoms with van der Waals surface area (Å²) in [4.78, 5) is 35.3. The van der Waals surface area contributed by atoms with Gasteiger partial charge in [-0.1, -0.05) is 275 Å². The molecule has 0 aromatic heterocycles. The minimum absolute atomic E-state index is 0.0445. The normalized spacial score (nSPS) is 14.0. The van der Waals surface area contributed by atoms with Gasteiger partial charge in [0, 0.05) is 19.4 Å². The maximum absolute atomic E-state index is 12.7. The fourth-order valence-electron chi connectivity index (χ4n) is 8.53. The highest BCUT2D eigenvalue weighted by molar-refractivity contribution is 7.47. The predicted octanol–water partition coefficient (Wildman–Crippen LogP) is 21.1. The quantitative estimate of drug-likeness (QED) is 0.0264. The average Bonchev–Trinajstić information content (AvgIpc) is 3.46. The van der Waals surface area contributed by atoms with E-state index in [1.807, 2.05) is 0 Å². The van der Waals surface area contributed by atoms with Crippen molar-refractivity contribution in [2.24, 2.45) is 5.73 Å². The zero-order valence-corrected chi connectivity index (χ0v) is 52.4. The van der Waals surface area contributed by atoms with E-state index in [1.165, 1.54) is 103 Å². The Morgan fingerprint density at radius 3 is 0.951 bits per heavy atom. The Hall–Kier alpha value is -4.11. The van der Waals surface area contributed by atoms with Gasteiger partial charge in [0.1, 0.15) is 6.61 Å². The molecule has 0 aliphatic rings. The molecule has 2 unspecified atom stereocenters. The number of esters is 2. The number of phosphoric ester groups is 1. The number of rotatable bonds is 59. The van der Waals surface area contributed by atoms with E-state index in [0.29, 0.717) is 6.42 Å². The third-order valence-corrected chi connectivity index (χ3v) is 14.2. The number of hydrogen-bond acceptors (Lipinski definition) is 8. The van der Waals surface area contributed by atoms with E-state index in [2.05, 4.69) is 160 Å². The number of ether oxygens (including phenoxy) is 2. The molecule has 0 heterocycles. The minimum atomic E-state index is -4.40. The topological polar surface area (TPSA) is 134 Å². The van der Waals surface area contributed by atoms with Crippen LogP contribution in [0.1, 0.15) is 258 Å². The van der Waals surface area contributed by atoms with Crippen molar-refractivity contribution in [3.05, 3.63) is 146 Å². The Balaban J connectivity index is 3.98. The van der Waals surface area contributed by atoms with Crippen molar-refractivity contribution in [1.82, 2.24) is 0 Å². The lowest BCUT2D eigenvalue weighted by molar-refractivity contribution is -0.161. The van der Waals surface area contributed by atoms with Crippen LogP contribution in [-0.4, -0.2) is 49.3 Å². The third kappa shape index (κ3) is 64.9. The largest absolute Gasteiger partial charge is 0.472 e. The number of phosphoric acid groups is 1. The fourth-order valence-corrected chi connectivity index (χ4v) is 9.29. The number of nitrogens with two attached hydrogens (primary N) is 1. The Bertz CT molecular complexity index is 1830. The van der Waals surface area contributed by atoms with Gasteiger partial charge in [0.05, 0.1) is 13.2 Å². The van der Waals surface area contributed by atoms with E-state index in [4.69, 9.17) is 24.3 Å². The lowest BCUT2D eigenvalue weighted by Gasteiger charge is -2.19. The molecule has 0 aromatic carbocycles. The molecule has 0 bridgehead atoms. The number of carbonyl (C=O) groups excluding carboxylic acids is 2. The van der Waals surface area contributed by atoms with Gasteiger partial charge >= 0.3 is 19.8 Å². The molecule has 460 valence electrons. The molecule has 0 radical (unpaired) electrons. The van der Waals surface area contributed by atoms with Gasteiger partial charge in [-0.15, -0.1) is 0 Å². The van der Waals surface area contributed by atoms with E-state index in [-0.39, 0.29) is 38.6 Å². The first kappa shape index (κ1) is 76.9. The summed E-state index contributed by atoms with van der Waals surface area (Å²) in [6.07, 6.45) is 93.4. The third-order valence-electron chi connectivity index (χ3n) is 13.2. The van der Waals surface area contributed by atoms with Crippen LogP contribution in [0.2, 0.25) is 0 Å². The van der Waals surface area contributed by atoms with E-state index in [1.54, 1.807) is 0 Å². The summed E-state index contributed by atoms with van der Waals surface area (Å²) >= 11 is 0. The SMILES string of the molecule is CC/C=C\C/C=C\C/C=C\C/C=C\C/C=C\C/C=C\C/C=C\CCCCCCCCCC(=O)OC(COC(=O)CCCCCCCCCCCCCCCCC/C=C\C/C=C\C/C=C\C/C=C\C/C=C\CC)COP(=O)(O)OCCN. The van der Waals surface area contributed by atoms with Gasteiger partial charge < -0.3 is 20.1 Å². The molecule has 9 nitrogen and oxygen atoms in total. The predicted molar refractivity (Wildman–Crippen MR) is 348 cm³/mol. The van der Waals surface area contributed by atoms with E-state index in [9.17, 15) is 19.0 Å². The van der Waals surface area contributed by atoms with Crippen molar-refractivity contribution in [1.29, 1.82) is 0 Å². The molecule has 0 aliphatic heterocycles. The summed E-state index contributed by atoms with van der Waals surface area (Å²) in [5, 5.41) is 0. The number of carbonyl (C=O) groups is 2. The molecule has 0 rings (SSSR count). The van der Waals surface area contributed by atoms with Crippen LogP contribution in [0.15, 0.2) is 146 Å². The molecule has 3 N–H and O–H groups in total. The first-order chi connectivity index (χ1) is 39.8. The monoisotopic (exact) mass is 1140 g/mol. The van der Waals surface area contributed by atoms with Crippen molar-refractivity contribution < 1.29 is 37.6 Å². The fraction of sp³-hybridized carbons (Fsp3) is 0.634. The molecule has 0 aromatic rings. The average molecular weight is 1140 g/mol. The van der Waals surface area contributed by atoms with Crippen molar-refractivity contribution in [2.45, 2.75) is 264 Å². The summed E-state index contributed by atoms with van der Waals surface area (Å²) in [6.45, 7) is 3.50. The lowest BCUT2D eigenvalue weighted by Crippen LogP contribution is -2.29. The van der Waals surface area contributed by atoms with Crippen molar-refractivity contribution in [3.8, 4) is 0 Å². The van der Waals surface area contributed by atoms with Crippen LogP contribution in [0.4, 0.5) is 0 Å². The Kier molecular flexibility index (Phi) is 61.7. The zero-order chi connectivity index (χ0) is 58.7. The molecule has 0 saturated carbocycles. The molecular formula is C71H118NO8P. The highest BCUT2D eigenvalue weighted by atomic mass is 31.2.